The van der Waals surface area contributed by atoms with Gasteiger partial charge in [0.1, 0.15) is 0 Å². The summed E-state index contributed by atoms with van der Waals surface area (Å²) in [6.07, 6.45) is 2.99. The summed E-state index contributed by atoms with van der Waals surface area (Å²) < 4.78 is 47.0. The molecule has 0 aromatic carbocycles. The van der Waals surface area contributed by atoms with Crippen molar-refractivity contribution in [2.24, 2.45) is 0 Å². The summed E-state index contributed by atoms with van der Waals surface area (Å²) in [6, 6.07) is -0.311. The predicted octanol–water partition coefficient (Wildman–Crippen LogP) is -0.530. The third-order valence-electron chi connectivity index (χ3n) is 3.53. The lowest BCUT2D eigenvalue weighted by Gasteiger charge is -2.25. The zero-order chi connectivity index (χ0) is 16.3. The Bertz CT molecular complexity index is 597. The number of hydrogen-bond donors (Lipinski definition) is 0. The van der Waals surface area contributed by atoms with Crippen LogP contribution in [-0.4, -0.2) is 75.9 Å². The number of sulfone groups is 1. The molecule has 1 rings (SSSR count). The van der Waals surface area contributed by atoms with E-state index < -0.39 is 19.9 Å². The Hall–Kier alpha value is -0.930. The van der Waals surface area contributed by atoms with Gasteiger partial charge in [0, 0.05) is 32.6 Å². The van der Waals surface area contributed by atoms with Crippen LogP contribution < -0.4 is 0 Å². The summed E-state index contributed by atoms with van der Waals surface area (Å²) in [4.78, 5) is 13.5. The minimum atomic E-state index is -3.39. The van der Waals surface area contributed by atoms with Crippen LogP contribution in [0.5, 0.6) is 0 Å². The number of carbonyl (C=O) groups excluding carboxylic acids is 1. The summed E-state index contributed by atoms with van der Waals surface area (Å²) in [7, 11) is -4.88. The van der Waals surface area contributed by atoms with Crippen molar-refractivity contribution in [2.75, 3.05) is 37.9 Å². The number of rotatable bonds is 7. The maximum atomic E-state index is 12.1. The van der Waals surface area contributed by atoms with Crippen molar-refractivity contribution in [1.82, 2.24) is 9.21 Å². The van der Waals surface area contributed by atoms with Gasteiger partial charge < -0.3 is 4.90 Å². The molecule has 0 aromatic heterocycles. The summed E-state index contributed by atoms with van der Waals surface area (Å²) in [5.74, 6) is -0.173. The third-order valence-corrected chi connectivity index (χ3v) is 6.55. The molecule has 0 radical (unpaired) electrons. The van der Waals surface area contributed by atoms with E-state index in [9.17, 15) is 21.6 Å². The summed E-state index contributed by atoms with van der Waals surface area (Å²) in [5, 5.41) is 0. The quantitative estimate of drug-likeness (QED) is 0.582. The van der Waals surface area contributed by atoms with Crippen molar-refractivity contribution < 1.29 is 21.6 Å². The molecule has 1 aliphatic heterocycles. The summed E-state index contributed by atoms with van der Waals surface area (Å²) in [5.41, 5.74) is 0. The van der Waals surface area contributed by atoms with Crippen molar-refractivity contribution in [3.8, 4) is 0 Å². The Balaban J connectivity index is 2.58. The standard InChI is InChI=1S/C12H22N2O5S2/c1-4-7-14(20(3,16)17)8-5-12(15)13(2)11-6-9-21(18,19)10-11/h4,11H,1,5-10H2,2-3H3. The highest BCUT2D eigenvalue weighted by atomic mass is 32.2. The van der Waals surface area contributed by atoms with E-state index in [4.69, 9.17) is 0 Å². The molecule has 1 heterocycles. The van der Waals surface area contributed by atoms with Gasteiger partial charge in [0.05, 0.1) is 17.8 Å². The van der Waals surface area contributed by atoms with E-state index in [1.54, 1.807) is 7.05 Å². The first-order chi connectivity index (χ1) is 9.57. The molecular formula is C12H22N2O5S2. The average molecular weight is 338 g/mol. The van der Waals surface area contributed by atoms with Crippen molar-refractivity contribution >= 4 is 25.8 Å². The first-order valence-electron chi connectivity index (χ1n) is 6.59. The third kappa shape index (κ3) is 5.40. The molecular weight excluding hydrogens is 316 g/mol. The van der Waals surface area contributed by atoms with E-state index in [0.717, 1.165) is 10.6 Å². The molecule has 0 spiro atoms. The largest absolute Gasteiger partial charge is 0.342 e. The van der Waals surface area contributed by atoms with Crippen molar-refractivity contribution in [1.29, 1.82) is 0 Å². The van der Waals surface area contributed by atoms with Gasteiger partial charge in [-0.1, -0.05) is 6.08 Å². The molecule has 0 saturated carbocycles. The summed E-state index contributed by atoms with van der Waals surface area (Å²) >= 11 is 0. The van der Waals surface area contributed by atoms with E-state index in [1.807, 2.05) is 0 Å². The van der Waals surface area contributed by atoms with Crippen molar-refractivity contribution in [3.05, 3.63) is 12.7 Å². The van der Waals surface area contributed by atoms with Gasteiger partial charge in [0.25, 0.3) is 0 Å². The van der Waals surface area contributed by atoms with Gasteiger partial charge in [-0.25, -0.2) is 16.8 Å². The fourth-order valence-electron chi connectivity index (χ4n) is 2.22. The number of nitrogens with zero attached hydrogens (tertiary/aromatic N) is 2. The van der Waals surface area contributed by atoms with Crippen molar-refractivity contribution in [2.45, 2.75) is 18.9 Å². The molecule has 1 saturated heterocycles. The lowest BCUT2D eigenvalue weighted by atomic mass is 10.2. The Morgan fingerprint density at radius 1 is 1.43 bits per heavy atom. The molecule has 0 aliphatic carbocycles. The Morgan fingerprint density at radius 3 is 2.48 bits per heavy atom. The molecule has 9 heteroatoms. The maximum Gasteiger partial charge on any atom is 0.223 e. The molecule has 1 atom stereocenters. The van der Waals surface area contributed by atoms with Gasteiger partial charge >= 0.3 is 0 Å². The predicted molar refractivity (Wildman–Crippen MR) is 81.1 cm³/mol. The zero-order valence-electron chi connectivity index (χ0n) is 12.4. The molecule has 1 unspecified atom stereocenters. The normalized spacial score (nSPS) is 21.4. The van der Waals surface area contributed by atoms with Crippen molar-refractivity contribution in [3.63, 3.8) is 0 Å². The molecule has 0 N–H and O–H groups in total. The minimum Gasteiger partial charge on any atom is -0.342 e. The molecule has 21 heavy (non-hydrogen) atoms. The Labute approximate surface area is 126 Å². The second kappa shape index (κ2) is 6.89. The molecule has 1 fully saturated rings. The van der Waals surface area contributed by atoms with E-state index in [1.165, 1.54) is 11.0 Å². The van der Waals surface area contributed by atoms with Gasteiger partial charge in [-0.3, -0.25) is 4.79 Å². The Morgan fingerprint density at radius 2 is 2.05 bits per heavy atom. The van der Waals surface area contributed by atoms with Gasteiger partial charge in [-0.15, -0.1) is 6.58 Å². The number of amides is 1. The van der Waals surface area contributed by atoms with Gasteiger partial charge in [0.15, 0.2) is 9.84 Å². The lowest BCUT2D eigenvalue weighted by Crippen LogP contribution is -2.40. The maximum absolute atomic E-state index is 12.1. The molecule has 0 aromatic rings. The fourth-order valence-corrected chi connectivity index (χ4v) is 4.79. The molecule has 1 amide bonds. The monoisotopic (exact) mass is 338 g/mol. The van der Waals surface area contributed by atoms with E-state index in [-0.39, 0.29) is 43.0 Å². The van der Waals surface area contributed by atoms with Crippen LogP contribution in [0.2, 0.25) is 0 Å². The second-order valence-electron chi connectivity index (χ2n) is 5.22. The first-order valence-corrected chi connectivity index (χ1v) is 10.3. The topological polar surface area (TPSA) is 91.8 Å². The van der Waals surface area contributed by atoms with Gasteiger partial charge in [-0.05, 0) is 6.42 Å². The Kier molecular flexibility index (Phi) is 5.94. The zero-order valence-corrected chi connectivity index (χ0v) is 14.0. The van der Waals surface area contributed by atoms with Crippen LogP contribution in [0.3, 0.4) is 0 Å². The van der Waals surface area contributed by atoms with E-state index in [2.05, 4.69) is 6.58 Å². The molecule has 0 bridgehead atoms. The minimum absolute atomic E-state index is 0.0162. The highest BCUT2D eigenvalue weighted by Crippen LogP contribution is 2.17. The smallest absolute Gasteiger partial charge is 0.223 e. The molecule has 7 nitrogen and oxygen atoms in total. The highest BCUT2D eigenvalue weighted by Gasteiger charge is 2.32. The van der Waals surface area contributed by atoms with Gasteiger partial charge in [0.2, 0.25) is 15.9 Å². The SMILES string of the molecule is C=CCN(CCC(=O)N(C)C1CCS(=O)(=O)C1)S(C)(=O)=O. The second-order valence-corrected chi connectivity index (χ2v) is 9.43. The highest BCUT2D eigenvalue weighted by molar-refractivity contribution is 7.91. The average Bonchev–Trinajstić information content (AvgIpc) is 2.72. The van der Waals surface area contributed by atoms with Crippen LogP contribution in [-0.2, 0) is 24.7 Å². The number of hydrogen-bond acceptors (Lipinski definition) is 5. The van der Waals surface area contributed by atoms with E-state index >= 15 is 0 Å². The van der Waals surface area contributed by atoms with Crippen LogP contribution in [0.25, 0.3) is 0 Å². The lowest BCUT2D eigenvalue weighted by molar-refractivity contribution is -0.131. The number of carbonyl (C=O) groups is 1. The van der Waals surface area contributed by atoms with Crippen LogP contribution in [0, 0.1) is 0 Å². The first kappa shape index (κ1) is 18.1. The van der Waals surface area contributed by atoms with E-state index in [0.29, 0.717) is 6.42 Å². The van der Waals surface area contributed by atoms with Crippen LogP contribution in [0.1, 0.15) is 12.8 Å². The molecule has 122 valence electrons. The fraction of sp³-hybridized carbons (Fsp3) is 0.750. The number of sulfonamides is 1. The van der Waals surface area contributed by atoms with Crippen LogP contribution in [0.4, 0.5) is 0 Å². The van der Waals surface area contributed by atoms with Gasteiger partial charge in [-0.2, -0.15) is 4.31 Å². The molecule has 1 aliphatic rings. The van der Waals surface area contributed by atoms with Crippen LogP contribution in [0.15, 0.2) is 12.7 Å². The van der Waals surface area contributed by atoms with Crippen LogP contribution >= 0.6 is 0 Å². The summed E-state index contributed by atoms with van der Waals surface area (Å²) in [6.45, 7) is 3.70.